The molecular weight excluding hydrogens is 170 g/mol. The molecule has 1 atom stereocenters. The van der Waals surface area contributed by atoms with Gasteiger partial charge in [-0.1, -0.05) is 5.21 Å². The van der Waals surface area contributed by atoms with E-state index in [0.29, 0.717) is 0 Å². The van der Waals surface area contributed by atoms with Crippen molar-refractivity contribution < 1.29 is 9.90 Å². The second kappa shape index (κ2) is 3.92. The number of hydrogen-bond acceptors (Lipinski definition) is 3. The molecule has 0 aromatic carbocycles. The predicted molar refractivity (Wildman–Crippen MR) is 39.6 cm³/mol. The van der Waals surface area contributed by atoms with Crippen LogP contribution in [0.5, 0.6) is 0 Å². The fourth-order valence-corrected chi connectivity index (χ4v) is 0.537. The fraction of sp³-hybridized carbons (Fsp3) is 0.400. The lowest BCUT2D eigenvalue weighted by atomic mass is 10.4. The van der Waals surface area contributed by atoms with Crippen molar-refractivity contribution >= 4 is 18.4 Å². The van der Waals surface area contributed by atoms with E-state index >= 15 is 0 Å². The van der Waals surface area contributed by atoms with Crippen LogP contribution in [0.1, 0.15) is 13.0 Å². The lowest BCUT2D eigenvalue weighted by molar-refractivity contribution is -0.140. The number of nitrogens with zero attached hydrogens (tertiary/aromatic N) is 3. The first-order chi connectivity index (χ1) is 4.72. The van der Waals surface area contributed by atoms with E-state index in [1.54, 1.807) is 0 Å². The molecule has 0 saturated heterocycles. The first-order valence-electron chi connectivity index (χ1n) is 2.80. The molecule has 11 heavy (non-hydrogen) atoms. The SMILES string of the molecule is CC(C(=O)O)n1ccnn1.Cl. The second-order valence-corrected chi connectivity index (χ2v) is 1.90. The van der Waals surface area contributed by atoms with Gasteiger partial charge in [-0.05, 0) is 6.92 Å². The number of carboxylic acid groups (broad SMARTS) is 1. The number of aliphatic carboxylic acids is 1. The van der Waals surface area contributed by atoms with Crippen LogP contribution in [0, 0.1) is 0 Å². The molecule has 0 aliphatic carbocycles. The van der Waals surface area contributed by atoms with Crippen LogP contribution in [0.3, 0.4) is 0 Å². The topological polar surface area (TPSA) is 68.0 Å². The Morgan fingerprint density at radius 1 is 1.73 bits per heavy atom. The highest BCUT2D eigenvalue weighted by Crippen LogP contribution is 2.00. The molecule has 1 aromatic rings. The molecular formula is C5H8ClN3O2. The number of aromatic nitrogens is 3. The molecule has 0 spiro atoms. The Morgan fingerprint density at radius 2 is 2.36 bits per heavy atom. The molecule has 1 rings (SSSR count). The Morgan fingerprint density at radius 3 is 2.73 bits per heavy atom. The third kappa shape index (κ3) is 2.19. The minimum Gasteiger partial charge on any atom is -0.480 e. The third-order valence-corrected chi connectivity index (χ3v) is 1.20. The average Bonchev–Trinajstić information content (AvgIpc) is 2.36. The van der Waals surface area contributed by atoms with Gasteiger partial charge in [0.2, 0.25) is 0 Å². The molecule has 0 aliphatic rings. The van der Waals surface area contributed by atoms with Gasteiger partial charge < -0.3 is 5.11 Å². The number of carboxylic acids is 1. The van der Waals surface area contributed by atoms with Crippen LogP contribution in [0.25, 0.3) is 0 Å². The molecule has 5 nitrogen and oxygen atoms in total. The van der Waals surface area contributed by atoms with Crippen molar-refractivity contribution in [2.24, 2.45) is 0 Å². The summed E-state index contributed by atoms with van der Waals surface area (Å²) in [6.07, 6.45) is 2.96. The van der Waals surface area contributed by atoms with Crippen molar-refractivity contribution in [2.45, 2.75) is 13.0 Å². The van der Waals surface area contributed by atoms with Crippen molar-refractivity contribution in [1.82, 2.24) is 15.0 Å². The summed E-state index contributed by atoms with van der Waals surface area (Å²) in [5.74, 6) is -0.912. The van der Waals surface area contributed by atoms with Gasteiger partial charge in [-0.3, -0.25) is 0 Å². The zero-order chi connectivity index (χ0) is 7.56. The summed E-state index contributed by atoms with van der Waals surface area (Å²) in [6, 6.07) is -0.637. The number of carbonyl (C=O) groups is 1. The first-order valence-corrected chi connectivity index (χ1v) is 2.80. The van der Waals surface area contributed by atoms with Crippen LogP contribution in [-0.2, 0) is 4.79 Å². The fourth-order valence-electron chi connectivity index (χ4n) is 0.537. The van der Waals surface area contributed by atoms with Crippen molar-refractivity contribution in [3.63, 3.8) is 0 Å². The normalized spacial score (nSPS) is 11.7. The number of hydrogen-bond donors (Lipinski definition) is 1. The van der Waals surface area contributed by atoms with Crippen LogP contribution in [0.2, 0.25) is 0 Å². The minimum absolute atomic E-state index is 0. The van der Waals surface area contributed by atoms with Gasteiger partial charge in [0.25, 0.3) is 0 Å². The highest BCUT2D eigenvalue weighted by atomic mass is 35.5. The largest absolute Gasteiger partial charge is 0.480 e. The van der Waals surface area contributed by atoms with E-state index in [2.05, 4.69) is 10.3 Å². The van der Waals surface area contributed by atoms with Crippen LogP contribution in [0.15, 0.2) is 12.4 Å². The van der Waals surface area contributed by atoms with E-state index in [1.165, 1.54) is 24.0 Å². The molecule has 62 valence electrons. The van der Waals surface area contributed by atoms with Gasteiger partial charge in [0.1, 0.15) is 6.04 Å². The van der Waals surface area contributed by atoms with E-state index in [-0.39, 0.29) is 12.4 Å². The molecule has 0 aliphatic heterocycles. The molecule has 0 bridgehead atoms. The highest BCUT2D eigenvalue weighted by Gasteiger charge is 2.12. The zero-order valence-corrected chi connectivity index (χ0v) is 6.65. The van der Waals surface area contributed by atoms with Gasteiger partial charge in [0.05, 0.1) is 6.20 Å². The maximum atomic E-state index is 10.3. The zero-order valence-electron chi connectivity index (χ0n) is 5.84. The molecule has 1 heterocycles. The van der Waals surface area contributed by atoms with Crippen molar-refractivity contribution in [3.8, 4) is 0 Å². The summed E-state index contributed by atoms with van der Waals surface area (Å²) < 4.78 is 1.28. The molecule has 1 unspecified atom stereocenters. The van der Waals surface area contributed by atoms with E-state index in [0.717, 1.165) is 0 Å². The monoisotopic (exact) mass is 177 g/mol. The van der Waals surface area contributed by atoms with Gasteiger partial charge in [-0.25, -0.2) is 9.48 Å². The Labute approximate surface area is 69.4 Å². The molecule has 0 fully saturated rings. The van der Waals surface area contributed by atoms with Gasteiger partial charge in [-0.15, -0.1) is 17.5 Å². The van der Waals surface area contributed by atoms with E-state index in [4.69, 9.17) is 5.11 Å². The van der Waals surface area contributed by atoms with Crippen LogP contribution >= 0.6 is 12.4 Å². The summed E-state index contributed by atoms with van der Waals surface area (Å²) in [5, 5.41) is 15.5. The number of rotatable bonds is 2. The smallest absolute Gasteiger partial charge is 0.328 e. The van der Waals surface area contributed by atoms with Crippen LogP contribution in [0.4, 0.5) is 0 Å². The lowest BCUT2D eigenvalue weighted by Gasteiger charge is -2.02. The Balaban J connectivity index is 0.000001000. The van der Waals surface area contributed by atoms with Crippen molar-refractivity contribution in [2.75, 3.05) is 0 Å². The van der Waals surface area contributed by atoms with E-state index < -0.39 is 12.0 Å². The predicted octanol–water partition coefficient (Wildman–Crippen LogP) is 0.345. The van der Waals surface area contributed by atoms with E-state index in [1.807, 2.05) is 0 Å². The van der Waals surface area contributed by atoms with Gasteiger partial charge in [0, 0.05) is 6.20 Å². The summed E-state index contributed by atoms with van der Waals surface area (Å²) in [7, 11) is 0. The summed E-state index contributed by atoms with van der Waals surface area (Å²) in [4.78, 5) is 10.3. The highest BCUT2D eigenvalue weighted by molar-refractivity contribution is 5.85. The summed E-state index contributed by atoms with van der Waals surface area (Å²) in [5.41, 5.74) is 0. The van der Waals surface area contributed by atoms with Crippen LogP contribution < -0.4 is 0 Å². The minimum atomic E-state index is -0.912. The van der Waals surface area contributed by atoms with Gasteiger partial charge in [-0.2, -0.15) is 0 Å². The lowest BCUT2D eigenvalue weighted by Crippen LogP contribution is -2.15. The van der Waals surface area contributed by atoms with Crippen LogP contribution in [-0.4, -0.2) is 26.1 Å². The van der Waals surface area contributed by atoms with E-state index in [9.17, 15) is 4.79 Å². The average molecular weight is 178 g/mol. The molecule has 0 radical (unpaired) electrons. The molecule has 0 amide bonds. The number of halogens is 1. The van der Waals surface area contributed by atoms with Crippen molar-refractivity contribution in [3.05, 3.63) is 12.4 Å². The first kappa shape index (κ1) is 9.90. The Bertz CT molecular complexity index is 224. The molecule has 0 saturated carbocycles. The van der Waals surface area contributed by atoms with Gasteiger partial charge >= 0.3 is 5.97 Å². The quantitative estimate of drug-likeness (QED) is 0.708. The summed E-state index contributed by atoms with van der Waals surface area (Å²) >= 11 is 0. The second-order valence-electron chi connectivity index (χ2n) is 1.90. The molecule has 1 aromatic heterocycles. The van der Waals surface area contributed by atoms with Gasteiger partial charge in [0.15, 0.2) is 0 Å². The standard InChI is InChI=1S/C5H7N3O2.ClH/c1-4(5(9)10)8-3-2-6-7-8;/h2-4H,1H3,(H,9,10);1H. The maximum Gasteiger partial charge on any atom is 0.328 e. The molecule has 6 heteroatoms. The third-order valence-electron chi connectivity index (χ3n) is 1.20. The summed E-state index contributed by atoms with van der Waals surface area (Å²) in [6.45, 7) is 1.54. The Hall–Kier alpha value is -1.10. The Kier molecular flexibility index (Phi) is 3.53. The maximum absolute atomic E-state index is 10.3. The molecule has 1 N–H and O–H groups in total. The van der Waals surface area contributed by atoms with Crippen molar-refractivity contribution in [1.29, 1.82) is 0 Å².